The van der Waals surface area contributed by atoms with Crippen molar-refractivity contribution in [3.05, 3.63) is 34.4 Å². The second kappa shape index (κ2) is 9.02. The molecule has 2 rings (SSSR count). The molecule has 9 nitrogen and oxygen atoms in total. The molecule has 1 aromatic rings. The van der Waals surface area contributed by atoms with E-state index in [1.54, 1.807) is 0 Å². The Labute approximate surface area is 149 Å². The summed E-state index contributed by atoms with van der Waals surface area (Å²) in [5.41, 5.74) is -0.0913. The largest absolute Gasteiger partial charge is 0.445 e. The molecule has 1 aliphatic rings. The maximum absolute atomic E-state index is 10.6. The number of ether oxygens (including phenoxy) is 4. The summed E-state index contributed by atoms with van der Waals surface area (Å²) in [6.45, 7) is 2.20. The summed E-state index contributed by atoms with van der Waals surface area (Å²) in [4.78, 5) is 10.1. The molecule has 0 bridgehead atoms. The Morgan fingerprint density at radius 1 is 1.40 bits per heavy atom. The van der Waals surface area contributed by atoms with Crippen LogP contribution in [-0.2, 0) is 14.2 Å². The Bertz CT molecular complexity index is 594. The van der Waals surface area contributed by atoms with Crippen LogP contribution >= 0.6 is 12.2 Å². The van der Waals surface area contributed by atoms with Crippen molar-refractivity contribution in [3.8, 4) is 5.75 Å². The molecule has 25 heavy (non-hydrogen) atoms. The van der Waals surface area contributed by atoms with Gasteiger partial charge in [0.05, 0.1) is 11.5 Å². The smallest absolute Gasteiger partial charge is 0.358 e. The Morgan fingerprint density at radius 3 is 2.68 bits per heavy atom. The third-order valence-electron chi connectivity index (χ3n) is 3.40. The monoisotopic (exact) mass is 373 g/mol. The number of benzene rings is 1. The van der Waals surface area contributed by atoms with Crippen LogP contribution in [0.3, 0.4) is 0 Å². The van der Waals surface area contributed by atoms with Crippen LogP contribution in [0.2, 0.25) is 0 Å². The van der Waals surface area contributed by atoms with E-state index in [9.17, 15) is 20.3 Å². The fourth-order valence-electron chi connectivity index (χ4n) is 2.14. The van der Waals surface area contributed by atoms with Crippen molar-refractivity contribution in [2.45, 2.75) is 37.9 Å². The number of rotatable bonds is 6. The van der Waals surface area contributed by atoms with Gasteiger partial charge in [0.1, 0.15) is 18.0 Å². The van der Waals surface area contributed by atoms with Crippen molar-refractivity contribution in [3.63, 3.8) is 0 Å². The van der Waals surface area contributed by atoms with Gasteiger partial charge in [-0.25, -0.2) is 0 Å². The average molecular weight is 373 g/mol. The normalized spacial score (nSPS) is 26.0. The quantitative estimate of drug-likeness (QED) is 0.430. The number of hydrogen-bond acceptors (Lipinski definition) is 9. The first kappa shape index (κ1) is 19.5. The fourth-order valence-corrected chi connectivity index (χ4v) is 2.34. The zero-order chi connectivity index (χ0) is 18.4. The van der Waals surface area contributed by atoms with Crippen LogP contribution in [0.4, 0.5) is 5.69 Å². The number of aliphatic hydroxyl groups excluding tert-OH is 2. The van der Waals surface area contributed by atoms with Gasteiger partial charge >= 0.3 is 5.24 Å². The summed E-state index contributed by atoms with van der Waals surface area (Å²) in [5.74, 6) is 0.230. The van der Waals surface area contributed by atoms with Crippen LogP contribution in [0, 0.1) is 10.1 Å². The summed E-state index contributed by atoms with van der Waals surface area (Å²) in [5, 5.41) is 30.1. The topological polar surface area (TPSA) is 121 Å². The summed E-state index contributed by atoms with van der Waals surface area (Å²) in [6.07, 6.45) is -3.66. The SMILES string of the molecule is CCCO[C@H]1OC[C@@H](O)[C@H](O)[C@H]1OC(=S)Oc1ccc([N+](=O)[O-])cc1. The third kappa shape index (κ3) is 5.31. The first-order valence-electron chi connectivity index (χ1n) is 7.64. The number of nitro groups is 1. The number of thiocarbonyl (C=S) groups is 1. The number of non-ortho nitro benzene ring substituents is 1. The zero-order valence-corrected chi connectivity index (χ0v) is 14.3. The van der Waals surface area contributed by atoms with Crippen LogP contribution in [0.1, 0.15) is 13.3 Å². The van der Waals surface area contributed by atoms with E-state index in [4.69, 9.17) is 31.2 Å². The lowest BCUT2D eigenvalue weighted by atomic mass is 10.1. The van der Waals surface area contributed by atoms with Gasteiger partial charge in [0.2, 0.25) is 0 Å². The van der Waals surface area contributed by atoms with Gasteiger partial charge in [-0.2, -0.15) is 0 Å². The van der Waals surface area contributed by atoms with E-state index >= 15 is 0 Å². The highest BCUT2D eigenvalue weighted by atomic mass is 32.1. The molecule has 138 valence electrons. The van der Waals surface area contributed by atoms with Crippen LogP contribution in [-0.4, -0.2) is 58.2 Å². The highest BCUT2D eigenvalue weighted by molar-refractivity contribution is 7.79. The van der Waals surface area contributed by atoms with E-state index < -0.39 is 29.5 Å². The molecule has 0 unspecified atom stereocenters. The van der Waals surface area contributed by atoms with Crippen LogP contribution in [0.25, 0.3) is 0 Å². The van der Waals surface area contributed by atoms with Crippen molar-refractivity contribution in [1.29, 1.82) is 0 Å². The van der Waals surface area contributed by atoms with Gasteiger partial charge in [-0.1, -0.05) is 6.92 Å². The zero-order valence-electron chi connectivity index (χ0n) is 13.4. The van der Waals surface area contributed by atoms with E-state index in [2.05, 4.69) is 0 Å². The second-order valence-electron chi connectivity index (χ2n) is 5.32. The molecule has 4 atom stereocenters. The van der Waals surface area contributed by atoms with Gasteiger partial charge in [0.15, 0.2) is 12.4 Å². The lowest BCUT2D eigenvalue weighted by Gasteiger charge is -2.37. The molecule has 1 fully saturated rings. The van der Waals surface area contributed by atoms with Crippen molar-refractivity contribution in [1.82, 2.24) is 0 Å². The van der Waals surface area contributed by atoms with Crippen LogP contribution < -0.4 is 4.74 Å². The number of aliphatic hydroxyl groups is 2. The van der Waals surface area contributed by atoms with Crippen LogP contribution in [0.15, 0.2) is 24.3 Å². The van der Waals surface area contributed by atoms with Crippen LogP contribution in [0.5, 0.6) is 5.75 Å². The maximum atomic E-state index is 10.6. The number of hydrogen-bond donors (Lipinski definition) is 2. The molecule has 2 N–H and O–H groups in total. The summed E-state index contributed by atoms with van der Waals surface area (Å²) >= 11 is 4.98. The van der Waals surface area contributed by atoms with E-state index in [0.29, 0.717) is 6.61 Å². The number of nitrogens with zero attached hydrogens (tertiary/aromatic N) is 1. The van der Waals surface area contributed by atoms with E-state index in [1.807, 2.05) is 6.92 Å². The van der Waals surface area contributed by atoms with E-state index in [1.165, 1.54) is 24.3 Å². The Morgan fingerprint density at radius 2 is 2.08 bits per heavy atom. The first-order valence-corrected chi connectivity index (χ1v) is 8.05. The molecule has 1 saturated heterocycles. The Balaban J connectivity index is 1.98. The van der Waals surface area contributed by atoms with E-state index in [-0.39, 0.29) is 23.3 Å². The van der Waals surface area contributed by atoms with Gasteiger partial charge in [-0.3, -0.25) is 10.1 Å². The lowest BCUT2D eigenvalue weighted by Crippen LogP contribution is -2.55. The van der Waals surface area contributed by atoms with Gasteiger partial charge in [-0.05, 0) is 18.6 Å². The molecule has 0 aliphatic carbocycles. The Kier molecular flexibility index (Phi) is 7.02. The Hall–Kier alpha value is -1.85. The van der Waals surface area contributed by atoms with Gasteiger partial charge in [0.25, 0.3) is 5.69 Å². The molecule has 0 saturated carbocycles. The van der Waals surface area contributed by atoms with Gasteiger partial charge in [0, 0.05) is 31.0 Å². The summed E-state index contributed by atoms with van der Waals surface area (Å²) in [6, 6.07) is 5.24. The van der Waals surface area contributed by atoms with Crippen molar-refractivity contribution in [2.75, 3.05) is 13.2 Å². The highest BCUT2D eigenvalue weighted by Crippen LogP contribution is 2.22. The van der Waals surface area contributed by atoms with Crippen molar-refractivity contribution in [2.24, 2.45) is 0 Å². The molecule has 1 heterocycles. The highest BCUT2D eigenvalue weighted by Gasteiger charge is 2.42. The lowest BCUT2D eigenvalue weighted by molar-refractivity contribution is -0.384. The average Bonchev–Trinajstić information content (AvgIpc) is 2.59. The minimum atomic E-state index is -1.27. The fraction of sp³-hybridized carbons (Fsp3) is 0.533. The molecule has 0 spiro atoms. The molecule has 10 heteroatoms. The van der Waals surface area contributed by atoms with Crippen molar-refractivity contribution >= 4 is 23.1 Å². The molecular weight excluding hydrogens is 354 g/mol. The van der Waals surface area contributed by atoms with Crippen molar-refractivity contribution < 1.29 is 34.1 Å². The molecule has 0 amide bonds. The molecule has 0 aromatic heterocycles. The molecule has 1 aliphatic heterocycles. The second-order valence-corrected chi connectivity index (χ2v) is 5.65. The molecular formula is C15H19NO8S. The summed E-state index contributed by atoms with van der Waals surface area (Å²) < 4.78 is 21.4. The molecule has 0 radical (unpaired) electrons. The number of nitro benzene ring substituents is 1. The summed E-state index contributed by atoms with van der Waals surface area (Å²) in [7, 11) is 0. The maximum Gasteiger partial charge on any atom is 0.358 e. The minimum absolute atomic E-state index is 0.0913. The standard InChI is InChI=1S/C15H19NO8S/c1-2-7-21-14-13(12(18)11(17)8-22-14)24-15(25)23-10-5-3-9(4-6-10)16(19)20/h3-6,11-14,17-18H,2,7-8H2,1H3/t11-,12+,13-,14+/m1/s1. The predicted molar refractivity (Wildman–Crippen MR) is 89.2 cm³/mol. The van der Waals surface area contributed by atoms with Gasteiger partial charge < -0.3 is 29.2 Å². The predicted octanol–water partition coefficient (Wildman–Crippen LogP) is 1.15. The molecule has 1 aromatic carbocycles. The first-order chi connectivity index (χ1) is 11.9. The van der Waals surface area contributed by atoms with E-state index in [0.717, 1.165) is 6.42 Å². The third-order valence-corrected chi connectivity index (χ3v) is 3.58. The van der Waals surface area contributed by atoms with Gasteiger partial charge in [-0.15, -0.1) is 0 Å². The minimum Gasteiger partial charge on any atom is -0.445 e.